The summed E-state index contributed by atoms with van der Waals surface area (Å²) in [5.74, 6) is 0.817. The van der Waals surface area contributed by atoms with Gasteiger partial charge < -0.3 is 39.6 Å². The number of nitrogens with two attached hydrogens (primary N) is 1. The standard InChI is InChI=1S/C25H32ClN3O7/c1-32-20-14-19(27)18(26)13-17(20)24(30)28-7-10-29-8-5-16(6-9-29)36-25(31)15-11-21(33-2)23(35-4)22(12-15)34-3/h11-14,16H,5-10,27H2,1-4H3,(H,28,30). The SMILES string of the molecule is COc1cc(N)c(Cl)cc1C(=O)NCCN1CCC(OC(=O)c2cc(OC)c(OC)c(OC)c2)CC1. The van der Waals surface area contributed by atoms with Crippen molar-refractivity contribution in [3.05, 3.63) is 40.4 Å². The largest absolute Gasteiger partial charge is 0.496 e. The zero-order chi connectivity index (χ0) is 26.2. The summed E-state index contributed by atoms with van der Waals surface area (Å²) in [4.78, 5) is 27.5. The second kappa shape index (κ2) is 12.5. The molecule has 1 saturated heterocycles. The van der Waals surface area contributed by atoms with E-state index in [1.165, 1.54) is 40.6 Å². The van der Waals surface area contributed by atoms with Crippen LogP contribution in [0.15, 0.2) is 24.3 Å². The third kappa shape index (κ3) is 6.44. The molecular weight excluding hydrogens is 490 g/mol. The van der Waals surface area contributed by atoms with Gasteiger partial charge in [0.2, 0.25) is 5.75 Å². The lowest BCUT2D eigenvalue weighted by atomic mass is 10.1. The van der Waals surface area contributed by atoms with E-state index >= 15 is 0 Å². The Labute approximate surface area is 215 Å². The number of anilines is 1. The Kier molecular flexibility index (Phi) is 9.49. The van der Waals surface area contributed by atoms with Crippen LogP contribution in [-0.2, 0) is 4.74 Å². The van der Waals surface area contributed by atoms with E-state index < -0.39 is 5.97 Å². The second-order valence-electron chi connectivity index (χ2n) is 8.19. The highest BCUT2D eigenvalue weighted by atomic mass is 35.5. The molecule has 2 aromatic rings. The number of carbonyl (C=O) groups is 2. The van der Waals surface area contributed by atoms with Gasteiger partial charge in [0, 0.05) is 32.2 Å². The number of nitrogens with zero attached hydrogens (tertiary/aromatic N) is 1. The molecule has 1 aliphatic rings. The number of rotatable bonds is 10. The lowest BCUT2D eigenvalue weighted by Crippen LogP contribution is -2.42. The van der Waals surface area contributed by atoms with Crippen molar-refractivity contribution in [1.82, 2.24) is 10.2 Å². The number of ether oxygens (including phenoxy) is 5. The predicted molar refractivity (Wildman–Crippen MR) is 136 cm³/mol. The predicted octanol–water partition coefficient (Wildman–Crippen LogP) is 3.01. The fraction of sp³-hybridized carbons (Fsp3) is 0.440. The van der Waals surface area contributed by atoms with Crippen LogP contribution in [0.3, 0.4) is 0 Å². The van der Waals surface area contributed by atoms with Crippen molar-refractivity contribution >= 4 is 29.2 Å². The van der Waals surface area contributed by atoms with Crippen LogP contribution in [0.1, 0.15) is 33.6 Å². The van der Waals surface area contributed by atoms with Gasteiger partial charge in [-0.2, -0.15) is 0 Å². The normalized spacial score (nSPS) is 14.1. The fourth-order valence-electron chi connectivity index (χ4n) is 4.01. The summed E-state index contributed by atoms with van der Waals surface area (Å²) >= 11 is 6.05. The van der Waals surface area contributed by atoms with E-state index in [1.807, 2.05) is 0 Å². The van der Waals surface area contributed by atoms with E-state index in [1.54, 1.807) is 12.1 Å². The molecule has 1 aliphatic heterocycles. The van der Waals surface area contributed by atoms with Crippen molar-refractivity contribution in [3.63, 3.8) is 0 Å². The third-order valence-electron chi connectivity index (χ3n) is 5.99. The maximum atomic E-state index is 12.7. The Morgan fingerprint density at radius 2 is 1.58 bits per heavy atom. The van der Waals surface area contributed by atoms with Crippen LogP contribution < -0.4 is 30.0 Å². The highest BCUT2D eigenvalue weighted by Gasteiger charge is 2.25. The fourth-order valence-corrected chi connectivity index (χ4v) is 4.17. The summed E-state index contributed by atoms with van der Waals surface area (Å²) in [6.45, 7) is 2.57. The molecule has 10 nitrogen and oxygen atoms in total. The first-order valence-electron chi connectivity index (χ1n) is 11.5. The van der Waals surface area contributed by atoms with E-state index in [2.05, 4.69) is 10.2 Å². The molecule has 3 rings (SSSR count). The van der Waals surface area contributed by atoms with Gasteiger partial charge >= 0.3 is 5.97 Å². The summed E-state index contributed by atoms with van der Waals surface area (Å²) in [7, 11) is 5.96. The molecule has 2 aromatic carbocycles. The summed E-state index contributed by atoms with van der Waals surface area (Å²) < 4.78 is 26.9. The van der Waals surface area contributed by atoms with Crippen LogP contribution in [0, 0.1) is 0 Å². The Morgan fingerprint density at radius 3 is 2.14 bits per heavy atom. The number of nitrogens with one attached hydrogen (secondary N) is 1. The number of hydrogen-bond acceptors (Lipinski definition) is 9. The van der Waals surface area contributed by atoms with Gasteiger partial charge in [-0.1, -0.05) is 11.6 Å². The van der Waals surface area contributed by atoms with E-state index in [-0.39, 0.29) is 12.0 Å². The quantitative estimate of drug-likeness (QED) is 0.359. The van der Waals surface area contributed by atoms with Gasteiger partial charge in [-0.25, -0.2) is 4.79 Å². The van der Waals surface area contributed by atoms with Crippen LogP contribution in [0.5, 0.6) is 23.0 Å². The van der Waals surface area contributed by atoms with Crippen LogP contribution in [0.2, 0.25) is 5.02 Å². The molecule has 0 aliphatic carbocycles. The van der Waals surface area contributed by atoms with Crippen LogP contribution in [0.25, 0.3) is 0 Å². The molecule has 0 aromatic heterocycles. The molecule has 0 unspecified atom stereocenters. The molecule has 11 heteroatoms. The maximum Gasteiger partial charge on any atom is 0.338 e. The molecule has 0 bridgehead atoms. The zero-order valence-corrected chi connectivity index (χ0v) is 21.6. The van der Waals surface area contributed by atoms with Crippen molar-refractivity contribution in [2.45, 2.75) is 18.9 Å². The lowest BCUT2D eigenvalue weighted by molar-refractivity contribution is 0.0113. The first-order valence-corrected chi connectivity index (χ1v) is 11.8. The van der Waals surface area contributed by atoms with Crippen molar-refractivity contribution in [1.29, 1.82) is 0 Å². The molecule has 196 valence electrons. The average Bonchev–Trinajstić information content (AvgIpc) is 2.89. The molecule has 3 N–H and O–H groups in total. The first kappa shape index (κ1) is 27.2. The number of likely N-dealkylation sites (tertiary alicyclic amines) is 1. The van der Waals surface area contributed by atoms with Gasteiger partial charge in [0.1, 0.15) is 11.9 Å². The smallest absolute Gasteiger partial charge is 0.338 e. The molecule has 36 heavy (non-hydrogen) atoms. The molecule has 0 saturated carbocycles. The summed E-state index contributed by atoms with van der Waals surface area (Å²) in [6, 6.07) is 6.18. The number of esters is 1. The minimum atomic E-state index is -0.448. The van der Waals surface area contributed by atoms with E-state index in [9.17, 15) is 9.59 Å². The molecule has 1 heterocycles. The number of amides is 1. The van der Waals surface area contributed by atoms with Crippen molar-refractivity contribution in [2.75, 3.05) is 60.4 Å². The Hall–Kier alpha value is -3.37. The summed E-state index contributed by atoms with van der Waals surface area (Å²) in [6.07, 6.45) is 1.17. The number of halogens is 1. The highest BCUT2D eigenvalue weighted by Crippen LogP contribution is 2.38. The molecule has 0 radical (unpaired) electrons. The van der Waals surface area contributed by atoms with Crippen LogP contribution >= 0.6 is 11.6 Å². The van der Waals surface area contributed by atoms with E-state index in [0.717, 1.165) is 13.1 Å². The molecule has 1 amide bonds. The Morgan fingerprint density at radius 1 is 0.972 bits per heavy atom. The van der Waals surface area contributed by atoms with Gasteiger partial charge in [0.15, 0.2) is 11.5 Å². The van der Waals surface area contributed by atoms with Crippen LogP contribution in [0.4, 0.5) is 5.69 Å². The number of piperidine rings is 1. The lowest BCUT2D eigenvalue weighted by Gasteiger charge is -2.31. The Bertz CT molecular complexity index is 1060. The van der Waals surface area contributed by atoms with Crippen molar-refractivity contribution in [2.24, 2.45) is 0 Å². The van der Waals surface area contributed by atoms with Gasteiger partial charge in [-0.05, 0) is 31.0 Å². The van der Waals surface area contributed by atoms with Gasteiger partial charge in [0.25, 0.3) is 5.91 Å². The van der Waals surface area contributed by atoms with Crippen molar-refractivity contribution in [3.8, 4) is 23.0 Å². The minimum Gasteiger partial charge on any atom is -0.496 e. The first-order chi connectivity index (χ1) is 17.3. The molecule has 0 atom stereocenters. The topological polar surface area (TPSA) is 122 Å². The molecule has 1 fully saturated rings. The van der Waals surface area contributed by atoms with E-state index in [4.69, 9.17) is 41.0 Å². The highest BCUT2D eigenvalue weighted by molar-refractivity contribution is 6.33. The van der Waals surface area contributed by atoms with E-state index in [0.29, 0.717) is 70.8 Å². The van der Waals surface area contributed by atoms with Crippen LogP contribution in [-0.4, -0.2) is 77.5 Å². The number of methoxy groups -OCH3 is 4. The number of nitrogen functional groups attached to an aromatic ring is 1. The zero-order valence-electron chi connectivity index (χ0n) is 20.9. The monoisotopic (exact) mass is 521 g/mol. The summed E-state index contributed by atoms with van der Waals surface area (Å²) in [5.41, 5.74) is 6.78. The molecule has 0 spiro atoms. The second-order valence-corrected chi connectivity index (χ2v) is 8.60. The van der Waals surface area contributed by atoms with Gasteiger partial charge in [0.05, 0.1) is 50.3 Å². The maximum absolute atomic E-state index is 12.7. The Balaban J connectivity index is 1.48. The average molecular weight is 522 g/mol. The molecular formula is C25H32ClN3O7. The summed E-state index contributed by atoms with van der Waals surface area (Å²) in [5, 5.41) is 3.18. The third-order valence-corrected chi connectivity index (χ3v) is 6.31. The van der Waals surface area contributed by atoms with Gasteiger partial charge in [-0.15, -0.1) is 0 Å². The number of carbonyl (C=O) groups excluding carboxylic acids is 2. The minimum absolute atomic E-state index is 0.205. The van der Waals surface area contributed by atoms with Gasteiger partial charge in [-0.3, -0.25) is 4.79 Å². The van der Waals surface area contributed by atoms with Crippen molar-refractivity contribution < 1.29 is 33.3 Å². The number of hydrogen-bond donors (Lipinski definition) is 2. The number of benzene rings is 2.